The Morgan fingerprint density at radius 1 is 1.29 bits per heavy atom. The number of carbonyl (C=O) groups excluding carboxylic acids is 1. The average molecular weight is 279 g/mol. The van der Waals surface area contributed by atoms with Crippen LogP contribution in [0.25, 0.3) is 17.0 Å². The summed E-state index contributed by atoms with van der Waals surface area (Å²) in [4.78, 5) is 20.0. The summed E-state index contributed by atoms with van der Waals surface area (Å²) in [6.07, 6.45) is 4.39. The fourth-order valence-corrected chi connectivity index (χ4v) is 1.94. The van der Waals surface area contributed by atoms with Gasteiger partial charge in [-0.25, -0.2) is 10.1 Å². The highest BCUT2D eigenvalue weighted by atomic mass is 16.1. The Morgan fingerprint density at radius 2 is 2.19 bits per heavy atom. The first-order chi connectivity index (χ1) is 10.2. The molecule has 0 atom stereocenters. The van der Waals surface area contributed by atoms with Crippen molar-refractivity contribution in [3.8, 4) is 0 Å². The van der Waals surface area contributed by atoms with Crippen LogP contribution in [0.1, 0.15) is 11.3 Å². The lowest BCUT2D eigenvalue weighted by Crippen LogP contribution is -2.09. The summed E-state index contributed by atoms with van der Waals surface area (Å²) in [5, 5.41) is 9.84. The lowest BCUT2D eigenvalue weighted by Gasteiger charge is -2.00. The summed E-state index contributed by atoms with van der Waals surface area (Å²) in [7, 11) is 0. The molecule has 0 bridgehead atoms. The number of nitrogens with one attached hydrogen (secondary N) is 2. The number of rotatable bonds is 3. The minimum Gasteiger partial charge on any atom is -0.291 e. The number of hydrogen-bond donors (Lipinski definition) is 2. The molecule has 21 heavy (non-hydrogen) atoms. The maximum absolute atomic E-state index is 11.7. The number of nitrogens with zero attached hydrogens (tertiary/aromatic N) is 3. The van der Waals surface area contributed by atoms with E-state index in [2.05, 4.69) is 31.5 Å². The van der Waals surface area contributed by atoms with Crippen LogP contribution in [0.15, 0.2) is 42.7 Å². The zero-order valence-electron chi connectivity index (χ0n) is 11.4. The van der Waals surface area contributed by atoms with Crippen LogP contribution in [0.2, 0.25) is 0 Å². The highest BCUT2D eigenvalue weighted by Crippen LogP contribution is 2.15. The summed E-state index contributed by atoms with van der Waals surface area (Å²) < 4.78 is 0. The molecule has 2 aromatic heterocycles. The Bertz CT molecular complexity index is 808. The summed E-state index contributed by atoms with van der Waals surface area (Å²) in [6.45, 7) is 2.04. The molecule has 0 aliphatic heterocycles. The number of pyridine rings is 1. The van der Waals surface area contributed by atoms with Gasteiger partial charge in [0.2, 0.25) is 5.95 Å². The first-order valence-electron chi connectivity index (χ1n) is 6.42. The third-order valence-corrected chi connectivity index (χ3v) is 2.93. The molecule has 3 aromatic rings. The molecule has 0 aliphatic rings. The molecule has 0 spiro atoms. The molecule has 0 radical (unpaired) electrons. The van der Waals surface area contributed by atoms with Gasteiger partial charge in [0.1, 0.15) is 6.33 Å². The van der Waals surface area contributed by atoms with Crippen LogP contribution in [-0.2, 0) is 4.79 Å². The molecule has 3 rings (SSSR count). The maximum Gasteiger partial charge on any atom is 0.250 e. The minimum absolute atomic E-state index is 0.294. The predicted molar refractivity (Wildman–Crippen MR) is 80.5 cm³/mol. The average Bonchev–Trinajstić information content (AvgIpc) is 2.98. The number of H-pyrrole nitrogens is 1. The minimum atomic E-state index is -0.294. The van der Waals surface area contributed by atoms with Gasteiger partial charge in [0.15, 0.2) is 0 Å². The van der Waals surface area contributed by atoms with E-state index in [1.807, 2.05) is 31.2 Å². The molecule has 2 heterocycles. The van der Waals surface area contributed by atoms with Crippen LogP contribution < -0.4 is 5.32 Å². The monoisotopic (exact) mass is 279 g/mol. The molecule has 0 fully saturated rings. The summed E-state index contributed by atoms with van der Waals surface area (Å²) in [5.41, 5.74) is 2.82. The summed E-state index contributed by atoms with van der Waals surface area (Å²) in [5.74, 6) is 0.0177. The zero-order valence-corrected chi connectivity index (χ0v) is 11.4. The molecule has 2 N–H and O–H groups in total. The number of aromatic nitrogens is 4. The van der Waals surface area contributed by atoms with E-state index in [1.54, 1.807) is 6.08 Å². The highest BCUT2D eigenvalue weighted by Gasteiger charge is 2.00. The largest absolute Gasteiger partial charge is 0.291 e. The van der Waals surface area contributed by atoms with E-state index in [9.17, 15) is 4.79 Å². The second kappa shape index (κ2) is 5.54. The summed E-state index contributed by atoms with van der Waals surface area (Å²) in [6, 6.07) is 9.92. The van der Waals surface area contributed by atoms with Crippen molar-refractivity contribution in [1.82, 2.24) is 20.2 Å². The van der Waals surface area contributed by atoms with E-state index in [0.717, 1.165) is 16.6 Å². The lowest BCUT2D eigenvalue weighted by atomic mass is 10.1. The van der Waals surface area contributed by atoms with Gasteiger partial charge >= 0.3 is 0 Å². The fourth-order valence-electron chi connectivity index (χ4n) is 1.94. The van der Waals surface area contributed by atoms with Crippen molar-refractivity contribution >= 4 is 28.8 Å². The number of carbonyl (C=O) groups is 1. The van der Waals surface area contributed by atoms with E-state index >= 15 is 0 Å². The van der Waals surface area contributed by atoms with Crippen LogP contribution in [-0.4, -0.2) is 26.1 Å². The number of aromatic amines is 1. The highest BCUT2D eigenvalue weighted by molar-refractivity contribution is 6.00. The molecule has 6 heteroatoms. The second-order valence-corrected chi connectivity index (χ2v) is 4.59. The van der Waals surface area contributed by atoms with Crippen molar-refractivity contribution in [1.29, 1.82) is 0 Å². The Kier molecular flexibility index (Phi) is 3.42. The van der Waals surface area contributed by atoms with Gasteiger partial charge in [0.05, 0.1) is 11.2 Å². The van der Waals surface area contributed by atoms with Crippen LogP contribution in [0.4, 0.5) is 5.95 Å². The van der Waals surface area contributed by atoms with Crippen molar-refractivity contribution in [2.75, 3.05) is 5.32 Å². The normalized spacial score (nSPS) is 11.1. The van der Waals surface area contributed by atoms with Gasteiger partial charge in [0, 0.05) is 11.5 Å². The van der Waals surface area contributed by atoms with Crippen LogP contribution in [0.5, 0.6) is 0 Å². The van der Waals surface area contributed by atoms with Crippen molar-refractivity contribution < 1.29 is 4.79 Å². The van der Waals surface area contributed by atoms with Gasteiger partial charge in [-0.15, -0.1) is 0 Å². The first-order valence-corrected chi connectivity index (χ1v) is 6.42. The van der Waals surface area contributed by atoms with Gasteiger partial charge in [-0.05, 0) is 31.2 Å². The van der Waals surface area contributed by atoms with Crippen molar-refractivity contribution in [2.24, 2.45) is 0 Å². The van der Waals surface area contributed by atoms with Gasteiger partial charge in [0.25, 0.3) is 5.91 Å². The summed E-state index contributed by atoms with van der Waals surface area (Å²) >= 11 is 0. The van der Waals surface area contributed by atoms with Gasteiger partial charge in [-0.3, -0.25) is 10.1 Å². The number of fused-ring (bicyclic) bond motifs is 1. The molecule has 0 unspecified atom stereocenters. The van der Waals surface area contributed by atoms with Crippen molar-refractivity contribution in [3.05, 3.63) is 54.0 Å². The van der Waals surface area contributed by atoms with Crippen LogP contribution in [0, 0.1) is 6.92 Å². The molecular weight excluding hydrogens is 266 g/mol. The number of anilines is 1. The van der Waals surface area contributed by atoms with E-state index in [1.165, 1.54) is 18.0 Å². The molecule has 6 nitrogen and oxygen atoms in total. The molecule has 0 saturated heterocycles. The molecule has 0 aliphatic carbocycles. The Balaban J connectivity index is 1.76. The van der Waals surface area contributed by atoms with E-state index in [4.69, 9.17) is 0 Å². The molecule has 1 aromatic carbocycles. The van der Waals surface area contributed by atoms with E-state index in [-0.39, 0.29) is 5.91 Å². The zero-order chi connectivity index (χ0) is 14.7. The number of amides is 1. The quantitative estimate of drug-likeness (QED) is 0.721. The molecule has 104 valence electrons. The standard InChI is InChI=1S/C15H13N5O/c1-10-2-6-13-11(8-10)3-4-12(18-13)5-7-14(21)19-15-16-9-17-20-15/h2-9H,1H3,(H2,16,17,19,20,21)/b7-5+. The van der Waals surface area contributed by atoms with E-state index < -0.39 is 0 Å². The predicted octanol–water partition coefficient (Wildman–Crippen LogP) is 2.31. The molecule has 0 saturated carbocycles. The Labute approximate surface area is 120 Å². The van der Waals surface area contributed by atoms with Crippen molar-refractivity contribution in [2.45, 2.75) is 6.92 Å². The van der Waals surface area contributed by atoms with Crippen LogP contribution >= 0.6 is 0 Å². The Morgan fingerprint density at radius 3 is 3.00 bits per heavy atom. The fraction of sp³-hybridized carbons (Fsp3) is 0.0667. The maximum atomic E-state index is 11.7. The third-order valence-electron chi connectivity index (χ3n) is 2.93. The van der Waals surface area contributed by atoms with Crippen LogP contribution in [0.3, 0.4) is 0 Å². The Hall–Kier alpha value is -3.02. The van der Waals surface area contributed by atoms with Gasteiger partial charge in [-0.1, -0.05) is 17.7 Å². The smallest absolute Gasteiger partial charge is 0.250 e. The SMILES string of the molecule is Cc1ccc2nc(/C=C/C(=O)Nc3ncn[nH]3)ccc2c1. The number of benzene rings is 1. The third kappa shape index (κ3) is 3.11. The number of aryl methyl sites for hydroxylation is 1. The number of hydrogen-bond acceptors (Lipinski definition) is 4. The molecular formula is C15H13N5O. The lowest BCUT2D eigenvalue weighted by molar-refractivity contribution is -0.111. The van der Waals surface area contributed by atoms with Gasteiger partial charge < -0.3 is 0 Å². The van der Waals surface area contributed by atoms with E-state index in [0.29, 0.717) is 5.95 Å². The first kappa shape index (κ1) is 13.0. The molecule has 1 amide bonds. The van der Waals surface area contributed by atoms with Crippen molar-refractivity contribution in [3.63, 3.8) is 0 Å². The van der Waals surface area contributed by atoms with Gasteiger partial charge in [-0.2, -0.15) is 10.1 Å². The second-order valence-electron chi connectivity index (χ2n) is 4.59. The topological polar surface area (TPSA) is 83.6 Å².